The molecule has 0 bridgehead atoms. The van der Waals surface area contributed by atoms with Crippen molar-refractivity contribution in [2.45, 2.75) is 18.7 Å². The van der Waals surface area contributed by atoms with E-state index in [4.69, 9.17) is 11.6 Å². The monoisotopic (exact) mass is 262 g/mol. The quantitative estimate of drug-likeness (QED) is 0.783. The lowest BCUT2D eigenvalue weighted by Gasteiger charge is -2.07. The van der Waals surface area contributed by atoms with Gasteiger partial charge in [-0.3, -0.25) is 4.98 Å². The van der Waals surface area contributed by atoms with Crippen molar-refractivity contribution < 1.29 is 8.42 Å². The molecule has 6 heteroatoms. The average Bonchev–Trinajstić information content (AvgIpc) is 2.26. The van der Waals surface area contributed by atoms with Crippen molar-refractivity contribution in [2.75, 3.05) is 12.3 Å². The summed E-state index contributed by atoms with van der Waals surface area (Å²) in [7, 11) is -3.23. The van der Waals surface area contributed by atoms with Gasteiger partial charge in [0.05, 0.1) is 5.75 Å². The maximum Gasteiger partial charge on any atom is 0.211 e. The van der Waals surface area contributed by atoms with E-state index in [1.165, 1.54) is 0 Å². The molecule has 1 aromatic heterocycles. The first-order valence-electron chi connectivity index (χ1n) is 5.00. The third-order valence-corrected chi connectivity index (χ3v) is 3.50. The number of aromatic nitrogens is 1. The summed E-state index contributed by atoms with van der Waals surface area (Å²) in [4.78, 5) is 3.87. The van der Waals surface area contributed by atoms with Crippen LogP contribution in [0.2, 0.25) is 0 Å². The molecule has 0 saturated heterocycles. The molecule has 0 aromatic carbocycles. The second-order valence-electron chi connectivity index (χ2n) is 3.55. The summed E-state index contributed by atoms with van der Waals surface area (Å²) in [6, 6.07) is 3.61. The zero-order chi connectivity index (χ0) is 12.0. The van der Waals surface area contributed by atoms with E-state index in [-0.39, 0.29) is 17.7 Å². The second kappa shape index (κ2) is 6.18. The van der Waals surface area contributed by atoms with E-state index in [1.54, 1.807) is 31.5 Å². The Labute approximate surface area is 101 Å². The molecule has 1 rings (SSSR count). The number of nitrogens with zero attached hydrogens (tertiary/aromatic N) is 1. The lowest BCUT2D eigenvalue weighted by molar-refractivity contribution is 0.580. The third-order valence-electron chi connectivity index (χ3n) is 1.99. The van der Waals surface area contributed by atoms with Gasteiger partial charge < -0.3 is 0 Å². The highest BCUT2D eigenvalue weighted by molar-refractivity contribution is 7.89. The maximum atomic E-state index is 11.5. The van der Waals surface area contributed by atoms with Gasteiger partial charge in [0, 0.05) is 24.3 Å². The summed E-state index contributed by atoms with van der Waals surface area (Å²) < 4.78 is 25.5. The van der Waals surface area contributed by atoms with Crippen LogP contribution in [0.25, 0.3) is 0 Å². The molecule has 1 aromatic rings. The summed E-state index contributed by atoms with van der Waals surface area (Å²) in [6.07, 6.45) is 3.78. The fraction of sp³-hybridized carbons (Fsp3) is 0.500. The predicted octanol–water partition coefficient (Wildman–Crippen LogP) is 1.17. The number of sulfonamides is 1. The van der Waals surface area contributed by atoms with E-state index >= 15 is 0 Å². The molecule has 0 aliphatic carbocycles. The number of nitrogens with one attached hydrogen (secondary N) is 1. The zero-order valence-corrected chi connectivity index (χ0v) is 10.6. The first-order chi connectivity index (χ1) is 7.49. The van der Waals surface area contributed by atoms with Crippen LogP contribution >= 0.6 is 11.6 Å². The number of pyridine rings is 1. The summed E-state index contributed by atoms with van der Waals surface area (Å²) >= 11 is 5.67. The summed E-state index contributed by atoms with van der Waals surface area (Å²) in [5.41, 5.74) is 0.958. The van der Waals surface area contributed by atoms with Gasteiger partial charge in [0.1, 0.15) is 0 Å². The van der Waals surface area contributed by atoms with Crippen LogP contribution in [0.15, 0.2) is 24.5 Å². The Morgan fingerprint density at radius 3 is 2.62 bits per heavy atom. The van der Waals surface area contributed by atoms with E-state index in [0.29, 0.717) is 6.42 Å². The number of hydrogen-bond donors (Lipinski definition) is 1. The van der Waals surface area contributed by atoms with Gasteiger partial charge in [0.2, 0.25) is 10.0 Å². The topological polar surface area (TPSA) is 59.1 Å². The minimum absolute atomic E-state index is 0.0701. The predicted molar refractivity (Wildman–Crippen MR) is 65.0 cm³/mol. The van der Waals surface area contributed by atoms with Gasteiger partial charge in [-0.05, 0) is 31.0 Å². The molecule has 1 N–H and O–H groups in total. The Kier molecular flexibility index (Phi) is 5.18. The minimum Gasteiger partial charge on any atom is -0.265 e. The van der Waals surface area contributed by atoms with Crippen molar-refractivity contribution in [1.82, 2.24) is 9.71 Å². The van der Waals surface area contributed by atoms with E-state index in [2.05, 4.69) is 9.71 Å². The van der Waals surface area contributed by atoms with E-state index in [1.807, 2.05) is 0 Å². The lowest BCUT2D eigenvalue weighted by atomic mass is 10.2. The fourth-order valence-electron chi connectivity index (χ4n) is 1.12. The molecule has 16 heavy (non-hydrogen) atoms. The lowest BCUT2D eigenvalue weighted by Crippen LogP contribution is -2.31. The molecule has 0 radical (unpaired) electrons. The molecule has 0 aliphatic heterocycles. The van der Waals surface area contributed by atoms with Gasteiger partial charge in [-0.1, -0.05) is 0 Å². The van der Waals surface area contributed by atoms with Gasteiger partial charge in [-0.15, -0.1) is 11.6 Å². The number of alkyl halides is 1. The Bertz CT molecular complexity index is 406. The maximum absolute atomic E-state index is 11.5. The molecule has 1 heterocycles. The summed E-state index contributed by atoms with van der Waals surface area (Å²) in [5, 5.41) is -0.198. The van der Waals surface area contributed by atoms with Gasteiger partial charge in [-0.2, -0.15) is 0 Å². The van der Waals surface area contributed by atoms with Crippen LogP contribution < -0.4 is 4.72 Å². The molecule has 90 valence electrons. The largest absolute Gasteiger partial charge is 0.265 e. The van der Waals surface area contributed by atoms with Crippen LogP contribution in [-0.2, 0) is 16.4 Å². The third kappa shape index (κ3) is 5.44. The Balaban J connectivity index is 2.42. The van der Waals surface area contributed by atoms with Gasteiger partial charge in [0.15, 0.2) is 0 Å². The SMILES string of the molecule is CC(Cl)CNS(=O)(=O)CCc1ccncc1. The van der Waals surface area contributed by atoms with Crippen molar-refractivity contribution in [3.8, 4) is 0 Å². The number of hydrogen-bond acceptors (Lipinski definition) is 3. The Hall–Kier alpha value is -0.650. The highest BCUT2D eigenvalue weighted by Gasteiger charge is 2.10. The van der Waals surface area contributed by atoms with Crippen molar-refractivity contribution in [3.63, 3.8) is 0 Å². The molecule has 1 unspecified atom stereocenters. The molecule has 0 saturated carbocycles. The van der Waals surface area contributed by atoms with Crippen LogP contribution in [-0.4, -0.2) is 31.1 Å². The number of rotatable bonds is 6. The normalized spacial score (nSPS) is 13.6. The van der Waals surface area contributed by atoms with Crippen LogP contribution in [0, 0.1) is 0 Å². The van der Waals surface area contributed by atoms with Crippen molar-refractivity contribution in [3.05, 3.63) is 30.1 Å². The van der Waals surface area contributed by atoms with Crippen LogP contribution in [0.1, 0.15) is 12.5 Å². The molecule has 1 atom stereocenters. The number of halogens is 1. The Morgan fingerprint density at radius 1 is 1.44 bits per heavy atom. The zero-order valence-electron chi connectivity index (χ0n) is 9.06. The minimum atomic E-state index is -3.23. The molecule has 0 aliphatic rings. The van der Waals surface area contributed by atoms with E-state index in [9.17, 15) is 8.42 Å². The van der Waals surface area contributed by atoms with Crippen molar-refractivity contribution in [1.29, 1.82) is 0 Å². The first-order valence-corrected chi connectivity index (χ1v) is 7.09. The molecule has 0 fully saturated rings. The fourth-order valence-corrected chi connectivity index (χ4v) is 2.44. The summed E-state index contributed by atoms with van der Waals surface area (Å²) in [6.45, 7) is 2.01. The smallest absolute Gasteiger partial charge is 0.211 e. The van der Waals surface area contributed by atoms with Crippen molar-refractivity contribution >= 4 is 21.6 Å². The number of aryl methyl sites for hydroxylation is 1. The average molecular weight is 263 g/mol. The summed E-state index contributed by atoms with van der Waals surface area (Å²) in [5.74, 6) is 0.0701. The van der Waals surface area contributed by atoms with Gasteiger partial charge >= 0.3 is 0 Å². The van der Waals surface area contributed by atoms with Crippen LogP contribution in [0.4, 0.5) is 0 Å². The molecular weight excluding hydrogens is 248 g/mol. The standard InChI is InChI=1S/C10H15ClN2O2S/c1-9(11)8-13-16(14,15)7-4-10-2-5-12-6-3-10/h2-3,5-6,9,13H,4,7-8H2,1H3. The molecule has 4 nitrogen and oxygen atoms in total. The first kappa shape index (κ1) is 13.4. The molecule has 0 amide bonds. The van der Waals surface area contributed by atoms with Crippen molar-refractivity contribution in [2.24, 2.45) is 0 Å². The highest BCUT2D eigenvalue weighted by Crippen LogP contribution is 2.00. The van der Waals surface area contributed by atoms with Crippen LogP contribution in [0.3, 0.4) is 0 Å². The molecule has 0 spiro atoms. The Morgan fingerprint density at radius 2 is 2.06 bits per heavy atom. The van der Waals surface area contributed by atoms with Crippen LogP contribution in [0.5, 0.6) is 0 Å². The molecular formula is C10H15ClN2O2S. The van der Waals surface area contributed by atoms with E-state index < -0.39 is 10.0 Å². The highest BCUT2D eigenvalue weighted by atomic mass is 35.5. The second-order valence-corrected chi connectivity index (χ2v) is 6.23. The van der Waals surface area contributed by atoms with Gasteiger partial charge in [0.25, 0.3) is 0 Å². The van der Waals surface area contributed by atoms with E-state index in [0.717, 1.165) is 5.56 Å². The van der Waals surface area contributed by atoms with Gasteiger partial charge in [-0.25, -0.2) is 13.1 Å².